The molecule has 0 saturated carbocycles. The number of hydrogen-bond acceptors (Lipinski definition) is 3. The van der Waals surface area contributed by atoms with Gasteiger partial charge in [-0.25, -0.2) is 0 Å². The number of unbranched alkanes of at least 4 members (excludes halogenated alkanes) is 3. The molecule has 0 atom stereocenters. The summed E-state index contributed by atoms with van der Waals surface area (Å²) in [6.07, 6.45) is 4.48. The molecule has 122 valence electrons. The average Bonchev–Trinajstić information content (AvgIpc) is 2.48. The molecule has 0 fully saturated rings. The summed E-state index contributed by atoms with van der Waals surface area (Å²) >= 11 is 9.10. The molecule has 0 spiro atoms. The van der Waals surface area contributed by atoms with Crippen LogP contribution in [0.25, 0.3) is 0 Å². The van der Waals surface area contributed by atoms with E-state index in [1.165, 1.54) is 0 Å². The van der Waals surface area contributed by atoms with Crippen molar-refractivity contribution in [2.75, 3.05) is 6.61 Å². The van der Waals surface area contributed by atoms with E-state index >= 15 is 0 Å². The van der Waals surface area contributed by atoms with Crippen molar-refractivity contribution in [1.82, 2.24) is 10.9 Å². The number of halogens is 2. The van der Waals surface area contributed by atoms with E-state index in [-0.39, 0.29) is 12.5 Å². The molecule has 2 N–H and O–H groups in total. The van der Waals surface area contributed by atoms with Gasteiger partial charge in [0, 0.05) is 11.4 Å². The van der Waals surface area contributed by atoms with Crippen LogP contribution in [0.5, 0.6) is 5.75 Å². The van der Waals surface area contributed by atoms with Gasteiger partial charge in [-0.05, 0) is 40.5 Å². The van der Waals surface area contributed by atoms with Crippen molar-refractivity contribution in [1.29, 1.82) is 0 Å². The second-order valence-electron chi connectivity index (χ2n) is 4.77. The number of hydrazine groups is 1. The first kappa shape index (κ1) is 18.8. The minimum Gasteiger partial charge on any atom is -0.483 e. The van der Waals surface area contributed by atoms with E-state index in [9.17, 15) is 9.59 Å². The van der Waals surface area contributed by atoms with Crippen molar-refractivity contribution in [3.8, 4) is 5.75 Å². The second-order valence-corrected chi connectivity index (χ2v) is 6.06. The Bertz CT molecular complexity index is 512. The highest BCUT2D eigenvalue weighted by atomic mass is 79.9. The molecule has 0 aliphatic heterocycles. The van der Waals surface area contributed by atoms with Gasteiger partial charge >= 0.3 is 0 Å². The minimum absolute atomic E-state index is 0.197. The molecule has 0 aromatic heterocycles. The molecule has 1 aromatic rings. The fourth-order valence-corrected chi connectivity index (χ4v) is 2.48. The van der Waals surface area contributed by atoms with E-state index in [1.54, 1.807) is 18.2 Å². The maximum absolute atomic E-state index is 11.6. The highest BCUT2D eigenvalue weighted by Crippen LogP contribution is 2.27. The summed E-state index contributed by atoms with van der Waals surface area (Å²) in [6.45, 7) is 1.91. The summed E-state index contributed by atoms with van der Waals surface area (Å²) in [5.41, 5.74) is 4.69. The normalized spacial score (nSPS) is 10.1. The molecule has 1 rings (SSSR count). The molecule has 0 aliphatic carbocycles. The maximum Gasteiger partial charge on any atom is 0.276 e. The van der Waals surface area contributed by atoms with E-state index in [1.807, 2.05) is 0 Å². The van der Waals surface area contributed by atoms with Crippen LogP contribution in [0, 0.1) is 0 Å². The van der Waals surface area contributed by atoms with E-state index < -0.39 is 5.91 Å². The third-order valence-electron chi connectivity index (χ3n) is 2.85. The average molecular weight is 392 g/mol. The number of benzene rings is 1. The zero-order valence-electron chi connectivity index (χ0n) is 12.5. The van der Waals surface area contributed by atoms with Crippen molar-refractivity contribution < 1.29 is 14.3 Å². The van der Waals surface area contributed by atoms with Crippen LogP contribution in [0.15, 0.2) is 22.7 Å². The second kappa shape index (κ2) is 10.5. The highest BCUT2D eigenvalue weighted by molar-refractivity contribution is 9.10. The quantitative estimate of drug-likeness (QED) is 0.525. The largest absolute Gasteiger partial charge is 0.483 e. The molecule has 0 heterocycles. The summed E-state index contributed by atoms with van der Waals surface area (Å²) in [6, 6.07) is 5.00. The Labute approximate surface area is 143 Å². The number of carbonyl (C=O) groups excluding carboxylic acids is 2. The highest BCUT2D eigenvalue weighted by Gasteiger charge is 2.07. The Morgan fingerprint density at radius 1 is 1.18 bits per heavy atom. The zero-order valence-corrected chi connectivity index (χ0v) is 14.8. The number of amides is 2. The number of carbonyl (C=O) groups is 2. The van der Waals surface area contributed by atoms with Crippen molar-refractivity contribution in [2.24, 2.45) is 0 Å². The molecule has 5 nitrogen and oxygen atoms in total. The van der Waals surface area contributed by atoms with Crippen molar-refractivity contribution in [3.63, 3.8) is 0 Å². The fourth-order valence-electron chi connectivity index (χ4n) is 1.69. The first-order valence-electron chi connectivity index (χ1n) is 7.18. The van der Waals surface area contributed by atoms with Gasteiger partial charge in [-0.15, -0.1) is 0 Å². The number of nitrogens with one attached hydrogen (secondary N) is 2. The van der Waals surface area contributed by atoms with Crippen LogP contribution in [0.1, 0.15) is 39.0 Å². The number of rotatable bonds is 8. The van der Waals surface area contributed by atoms with Gasteiger partial charge < -0.3 is 4.74 Å². The summed E-state index contributed by atoms with van der Waals surface area (Å²) < 4.78 is 5.99. The number of hydrogen-bond donors (Lipinski definition) is 2. The number of ether oxygens (including phenoxy) is 1. The van der Waals surface area contributed by atoms with Crippen molar-refractivity contribution in [3.05, 3.63) is 27.7 Å². The van der Waals surface area contributed by atoms with E-state index in [4.69, 9.17) is 16.3 Å². The monoisotopic (exact) mass is 390 g/mol. The SMILES string of the molecule is CCCCCCC(=O)NNC(=O)COc1ccc(Cl)cc1Br. The third-order valence-corrected chi connectivity index (χ3v) is 3.71. The molecular weight excluding hydrogens is 372 g/mol. The Balaban J connectivity index is 2.22. The standard InChI is InChI=1S/C15H20BrClN2O3/c1-2-3-4-5-6-14(20)18-19-15(21)10-22-13-8-7-11(17)9-12(13)16/h7-9H,2-6,10H2,1H3,(H,18,20)(H,19,21). The van der Waals surface area contributed by atoms with Gasteiger partial charge in [-0.2, -0.15) is 0 Å². The lowest BCUT2D eigenvalue weighted by atomic mass is 10.1. The van der Waals surface area contributed by atoms with Crippen molar-refractivity contribution in [2.45, 2.75) is 39.0 Å². The van der Waals surface area contributed by atoms with E-state index in [2.05, 4.69) is 33.7 Å². The first-order valence-corrected chi connectivity index (χ1v) is 8.35. The smallest absolute Gasteiger partial charge is 0.276 e. The van der Waals surface area contributed by atoms with Gasteiger partial charge in [0.1, 0.15) is 5.75 Å². The van der Waals surface area contributed by atoms with Gasteiger partial charge in [-0.3, -0.25) is 20.4 Å². The Hall–Kier alpha value is -1.27. The van der Waals surface area contributed by atoms with E-state index in [0.717, 1.165) is 25.7 Å². The Morgan fingerprint density at radius 2 is 1.91 bits per heavy atom. The third kappa shape index (κ3) is 7.66. The lowest BCUT2D eigenvalue weighted by Crippen LogP contribution is -2.43. The first-order chi connectivity index (χ1) is 10.5. The van der Waals surface area contributed by atoms with Crippen LogP contribution >= 0.6 is 27.5 Å². The van der Waals surface area contributed by atoms with Crippen LogP contribution in [0.2, 0.25) is 5.02 Å². The van der Waals surface area contributed by atoms with Crippen molar-refractivity contribution >= 4 is 39.3 Å². The van der Waals surface area contributed by atoms with E-state index in [0.29, 0.717) is 21.7 Å². The zero-order chi connectivity index (χ0) is 16.4. The molecule has 22 heavy (non-hydrogen) atoms. The van der Waals surface area contributed by atoms with Crippen LogP contribution in [-0.2, 0) is 9.59 Å². The summed E-state index contributed by atoms with van der Waals surface area (Å²) in [7, 11) is 0. The molecule has 7 heteroatoms. The molecule has 0 saturated heterocycles. The Morgan fingerprint density at radius 3 is 2.59 bits per heavy atom. The molecule has 0 unspecified atom stereocenters. The fraction of sp³-hybridized carbons (Fsp3) is 0.467. The van der Waals surface area contributed by atoms with Crippen LogP contribution in [0.4, 0.5) is 0 Å². The van der Waals surface area contributed by atoms with Crippen LogP contribution in [-0.4, -0.2) is 18.4 Å². The maximum atomic E-state index is 11.6. The lowest BCUT2D eigenvalue weighted by molar-refractivity contribution is -0.130. The molecule has 0 radical (unpaired) electrons. The summed E-state index contributed by atoms with van der Waals surface area (Å²) in [4.78, 5) is 23.1. The predicted molar refractivity (Wildman–Crippen MR) is 89.7 cm³/mol. The van der Waals surface area contributed by atoms with Crippen LogP contribution in [0.3, 0.4) is 0 Å². The topological polar surface area (TPSA) is 67.4 Å². The van der Waals surface area contributed by atoms with Gasteiger partial charge in [0.05, 0.1) is 4.47 Å². The molecule has 0 bridgehead atoms. The van der Waals surface area contributed by atoms with Gasteiger partial charge in [-0.1, -0.05) is 37.8 Å². The van der Waals surface area contributed by atoms with Gasteiger partial charge in [0.15, 0.2) is 6.61 Å². The predicted octanol–water partition coefficient (Wildman–Crippen LogP) is 3.60. The van der Waals surface area contributed by atoms with Gasteiger partial charge in [0.2, 0.25) is 5.91 Å². The minimum atomic E-state index is -0.427. The van der Waals surface area contributed by atoms with Gasteiger partial charge in [0.25, 0.3) is 5.91 Å². The molecular formula is C15H20BrClN2O3. The molecule has 1 aromatic carbocycles. The van der Waals surface area contributed by atoms with Crippen LogP contribution < -0.4 is 15.6 Å². The Kier molecular flexibility index (Phi) is 8.92. The molecule has 2 amide bonds. The summed E-state index contributed by atoms with van der Waals surface area (Å²) in [5.74, 6) is -0.119. The molecule has 0 aliphatic rings. The summed E-state index contributed by atoms with van der Waals surface area (Å²) in [5, 5.41) is 0.569. The lowest BCUT2D eigenvalue weighted by Gasteiger charge is -2.10.